The maximum atomic E-state index is 13.1. The van der Waals surface area contributed by atoms with Gasteiger partial charge in [0.05, 0.1) is 44.2 Å². The summed E-state index contributed by atoms with van der Waals surface area (Å²) in [6.07, 6.45) is 5.74. The molecule has 2 aliphatic heterocycles. The first-order chi connectivity index (χ1) is 31.3. The Kier molecular flexibility index (Phi) is 14.4. The number of anilines is 2. The zero-order valence-electron chi connectivity index (χ0n) is 36.1. The van der Waals surface area contributed by atoms with Gasteiger partial charge in [-0.3, -0.25) is 44.6 Å². The molecule has 8 rings (SSSR count). The number of nitrogens with zero attached hydrogens (tertiary/aromatic N) is 9. The summed E-state index contributed by atoms with van der Waals surface area (Å²) in [4.78, 5) is 85.7. The number of carbonyl (C=O) groups excluding carboxylic acids is 5. The van der Waals surface area contributed by atoms with Crippen LogP contribution in [0.15, 0.2) is 98.4 Å². The van der Waals surface area contributed by atoms with Crippen LogP contribution in [0.2, 0.25) is 10.0 Å². The zero-order valence-corrected chi connectivity index (χ0v) is 37.6. The van der Waals surface area contributed by atoms with Crippen molar-refractivity contribution in [3.05, 3.63) is 131 Å². The second kappa shape index (κ2) is 20.3. The molecule has 0 radical (unpaired) electrons. The van der Waals surface area contributed by atoms with E-state index in [9.17, 15) is 24.0 Å². The minimum Gasteiger partial charge on any atom is -0.339 e. The molecule has 2 aromatic carbocycles. The lowest BCUT2D eigenvalue weighted by Crippen LogP contribution is -2.35. The predicted octanol–water partition coefficient (Wildman–Crippen LogP) is 5.87. The molecule has 2 saturated heterocycles. The standard InChI is InChI=1S/C24H25ClN6O3.C22H23ClN6O2/c1-4-21(33)30-11-10-29(16(3)32)13-18(14-30)31-22-19(25)6-5-7-20(22)27-24(31)28-23(34)17-8-9-26-15(2)12-17;1-3-19(30)28-10-9-24-12-16(13-28)29-20-17(23)5-4-6-18(20)26-22(29)27-21(31)15-7-8-25-14(2)11-15/h4-9,12,18H,1,10-11,13-14H2,2-3H3,(H,27,28,34);3-8,11,16,24H,1,9-10,12-13H2,2H3,(H,26,27,31). The van der Waals surface area contributed by atoms with Gasteiger partial charge in [0.15, 0.2) is 0 Å². The first-order valence-electron chi connectivity index (χ1n) is 20.9. The van der Waals surface area contributed by atoms with Crippen LogP contribution in [0.4, 0.5) is 11.9 Å². The molecule has 0 spiro atoms. The number of fused-ring (bicyclic) bond motifs is 2. The van der Waals surface area contributed by atoms with Crippen LogP contribution in [-0.4, -0.2) is 126 Å². The van der Waals surface area contributed by atoms with Gasteiger partial charge >= 0.3 is 0 Å². The molecule has 19 heteroatoms. The Morgan fingerprint density at radius 2 is 1.14 bits per heavy atom. The summed E-state index contributed by atoms with van der Waals surface area (Å²) in [6.45, 7) is 16.0. The number of hydrogen-bond donors (Lipinski definition) is 3. The van der Waals surface area contributed by atoms with Crippen LogP contribution in [0, 0.1) is 13.8 Å². The molecular weight excluding hydrogens is 871 g/mol. The van der Waals surface area contributed by atoms with Crippen molar-refractivity contribution in [2.45, 2.75) is 32.9 Å². The van der Waals surface area contributed by atoms with E-state index in [-0.39, 0.29) is 41.5 Å². The lowest BCUT2D eigenvalue weighted by molar-refractivity contribution is -0.130. The van der Waals surface area contributed by atoms with E-state index in [2.05, 4.69) is 49.0 Å². The Bertz CT molecular complexity index is 2820. The van der Waals surface area contributed by atoms with Crippen molar-refractivity contribution in [1.82, 2.24) is 49.1 Å². The second-order valence-electron chi connectivity index (χ2n) is 15.6. The number of hydrogen-bond acceptors (Lipinski definition) is 10. The van der Waals surface area contributed by atoms with Crippen molar-refractivity contribution < 1.29 is 24.0 Å². The Hall–Kier alpha value is -6.95. The maximum absolute atomic E-state index is 13.1. The van der Waals surface area contributed by atoms with Gasteiger partial charge in [-0.05, 0) is 74.5 Å². The van der Waals surface area contributed by atoms with E-state index in [4.69, 9.17) is 23.2 Å². The average Bonchev–Trinajstić information content (AvgIpc) is 3.62. The molecule has 2 aliphatic rings. The highest BCUT2D eigenvalue weighted by Crippen LogP contribution is 2.33. The summed E-state index contributed by atoms with van der Waals surface area (Å²) in [5.74, 6) is -0.462. The number of amides is 5. The molecule has 65 heavy (non-hydrogen) atoms. The van der Waals surface area contributed by atoms with Crippen LogP contribution in [0.3, 0.4) is 0 Å². The number of aryl methyl sites for hydroxylation is 2. The topological polar surface area (TPSA) is 193 Å². The second-order valence-corrected chi connectivity index (χ2v) is 16.4. The van der Waals surface area contributed by atoms with E-state index in [1.165, 1.54) is 19.1 Å². The highest BCUT2D eigenvalue weighted by atomic mass is 35.5. The molecule has 6 heterocycles. The predicted molar refractivity (Wildman–Crippen MR) is 250 cm³/mol. The fourth-order valence-electron chi connectivity index (χ4n) is 7.99. The summed E-state index contributed by atoms with van der Waals surface area (Å²) in [5, 5.41) is 10.1. The smallest absolute Gasteiger partial charge is 0.258 e. The highest BCUT2D eigenvalue weighted by molar-refractivity contribution is 6.35. The molecular formula is C46H48Cl2N12O5. The van der Waals surface area contributed by atoms with E-state index >= 15 is 0 Å². The number of carbonyl (C=O) groups is 5. The molecule has 17 nitrogen and oxygen atoms in total. The summed E-state index contributed by atoms with van der Waals surface area (Å²) < 4.78 is 3.72. The molecule has 5 amide bonds. The van der Waals surface area contributed by atoms with E-state index in [0.717, 1.165) is 5.69 Å². The fraction of sp³-hybridized carbons (Fsp3) is 0.283. The van der Waals surface area contributed by atoms with Gasteiger partial charge in [0, 0.05) is 94.2 Å². The number of rotatable bonds is 8. The van der Waals surface area contributed by atoms with Gasteiger partial charge < -0.3 is 29.2 Å². The fourth-order valence-corrected chi connectivity index (χ4v) is 8.51. The van der Waals surface area contributed by atoms with Gasteiger partial charge in [-0.15, -0.1) is 0 Å². The van der Waals surface area contributed by atoms with Crippen LogP contribution in [0.25, 0.3) is 22.1 Å². The maximum Gasteiger partial charge on any atom is 0.258 e. The molecule has 2 fully saturated rings. The van der Waals surface area contributed by atoms with E-state index in [1.807, 2.05) is 28.2 Å². The van der Waals surface area contributed by atoms with Crippen molar-refractivity contribution in [2.24, 2.45) is 0 Å². The third kappa shape index (κ3) is 10.4. The number of halogens is 2. The summed E-state index contributed by atoms with van der Waals surface area (Å²) in [7, 11) is 0. The summed E-state index contributed by atoms with van der Waals surface area (Å²) in [6, 6.07) is 16.9. The van der Waals surface area contributed by atoms with Gasteiger partial charge in [-0.1, -0.05) is 48.5 Å². The molecule has 3 N–H and O–H groups in total. The van der Waals surface area contributed by atoms with Gasteiger partial charge in [-0.25, -0.2) is 9.97 Å². The summed E-state index contributed by atoms with van der Waals surface area (Å²) >= 11 is 13.1. The van der Waals surface area contributed by atoms with Crippen molar-refractivity contribution in [3.63, 3.8) is 0 Å². The highest BCUT2D eigenvalue weighted by Gasteiger charge is 2.32. The molecule has 4 aromatic heterocycles. The number of imidazole rings is 2. The van der Waals surface area contributed by atoms with Crippen molar-refractivity contribution >= 4 is 86.7 Å². The van der Waals surface area contributed by atoms with E-state index in [0.29, 0.717) is 107 Å². The lowest BCUT2D eigenvalue weighted by atomic mass is 10.2. The number of benzene rings is 2. The van der Waals surface area contributed by atoms with Gasteiger partial charge in [-0.2, -0.15) is 0 Å². The Labute approximate surface area is 385 Å². The van der Waals surface area contributed by atoms with Crippen LogP contribution < -0.4 is 16.0 Å². The molecule has 336 valence electrons. The molecule has 0 bridgehead atoms. The molecule has 2 unspecified atom stereocenters. The monoisotopic (exact) mass is 918 g/mol. The zero-order chi connectivity index (χ0) is 46.4. The molecule has 6 aromatic rings. The third-order valence-electron chi connectivity index (χ3n) is 11.1. The van der Waals surface area contributed by atoms with Gasteiger partial charge in [0.25, 0.3) is 11.8 Å². The van der Waals surface area contributed by atoms with Crippen LogP contribution in [0.1, 0.15) is 51.1 Å². The first-order valence-corrected chi connectivity index (χ1v) is 21.6. The largest absolute Gasteiger partial charge is 0.339 e. The normalized spacial score (nSPS) is 16.5. The van der Waals surface area contributed by atoms with Crippen molar-refractivity contribution in [2.75, 3.05) is 63.0 Å². The van der Waals surface area contributed by atoms with Crippen LogP contribution in [-0.2, 0) is 14.4 Å². The molecule has 0 saturated carbocycles. The number of nitrogens with one attached hydrogen (secondary N) is 3. The van der Waals surface area contributed by atoms with Crippen molar-refractivity contribution in [1.29, 1.82) is 0 Å². The number of aromatic nitrogens is 6. The van der Waals surface area contributed by atoms with Crippen molar-refractivity contribution in [3.8, 4) is 0 Å². The van der Waals surface area contributed by atoms with E-state index < -0.39 is 6.04 Å². The summed E-state index contributed by atoms with van der Waals surface area (Å²) in [5.41, 5.74) is 4.97. The Balaban J connectivity index is 0.000000195. The Morgan fingerprint density at radius 1 is 0.677 bits per heavy atom. The van der Waals surface area contributed by atoms with E-state index in [1.54, 1.807) is 82.5 Å². The van der Waals surface area contributed by atoms with Crippen LogP contribution in [0.5, 0.6) is 0 Å². The third-order valence-corrected chi connectivity index (χ3v) is 11.7. The quantitative estimate of drug-likeness (QED) is 0.156. The molecule has 0 aliphatic carbocycles. The molecule has 2 atom stereocenters. The lowest BCUT2D eigenvalue weighted by Gasteiger charge is -2.27. The van der Waals surface area contributed by atoms with Crippen LogP contribution >= 0.6 is 23.2 Å². The Morgan fingerprint density at radius 3 is 1.63 bits per heavy atom. The van der Waals surface area contributed by atoms with Gasteiger partial charge in [0.2, 0.25) is 29.6 Å². The SMILES string of the molecule is C=CC(=O)N1CCN(C(C)=O)CC(n2c(NC(=O)c3ccnc(C)c3)nc3cccc(Cl)c32)C1.C=CC(=O)N1CCNCC(n2c(NC(=O)c3ccnc(C)c3)nc3cccc(Cl)c32)C1. The first kappa shape index (κ1) is 46.1. The number of para-hydroxylation sites is 2. The minimum atomic E-state index is -0.408. The minimum absolute atomic E-state index is 0.105. The average molecular weight is 920 g/mol. The van der Waals surface area contributed by atoms with Gasteiger partial charge in [0.1, 0.15) is 0 Å². The number of pyridine rings is 2.